The fourth-order valence-electron chi connectivity index (χ4n) is 6.14. The minimum absolute atomic E-state index is 0.833. The Bertz CT molecular complexity index is 1340. The van der Waals surface area contributed by atoms with Gasteiger partial charge in [0, 0.05) is 0 Å². The molecule has 1 heterocycles. The SMILES string of the molecule is Cc1cc(C)c([N](Cc2ccccn2)[Hf]([CH2]c2ccccc2)([CH2]c2ccccc2)[CH2]c2ccccc2)c(C)c1. The molecule has 0 aliphatic rings. The molecule has 5 rings (SSSR count). The summed E-state index contributed by atoms with van der Waals surface area (Å²) in [5.74, 6) is 0. The number of nitrogens with zero attached hydrogens (tertiary/aromatic N) is 2. The van der Waals surface area contributed by atoms with Gasteiger partial charge in [0.15, 0.2) is 0 Å². The van der Waals surface area contributed by atoms with Crippen molar-refractivity contribution in [2.75, 3.05) is 2.89 Å². The van der Waals surface area contributed by atoms with Crippen molar-refractivity contribution < 1.29 is 20.3 Å². The summed E-state index contributed by atoms with van der Waals surface area (Å²) in [6.07, 6.45) is 1.94. The molecule has 4 aromatic carbocycles. The van der Waals surface area contributed by atoms with Crippen LogP contribution in [0.5, 0.6) is 0 Å². The molecular formula is C36H38HfN2. The molecule has 196 valence electrons. The zero-order valence-electron chi connectivity index (χ0n) is 23.3. The second-order valence-corrected chi connectivity index (χ2v) is 25.4. The number of rotatable bonds is 10. The Morgan fingerprint density at radius 1 is 0.564 bits per heavy atom. The van der Waals surface area contributed by atoms with Crippen molar-refractivity contribution in [1.82, 2.24) is 4.98 Å². The van der Waals surface area contributed by atoms with Crippen molar-refractivity contribution in [2.24, 2.45) is 0 Å². The summed E-state index contributed by atoms with van der Waals surface area (Å²) in [6.45, 7) is 7.64. The van der Waals surface area contributed by atoms with Crippen LogP contribution in [0.3, 0.4) is 0 Å². The van der Waals surface area contributed by atoms with E-state index in [1.54, 1.807) is 0 Å². The Morgan fingerprint density at radius 3 is 1.41 bits per heavy atom. The van der Waals surface area contributed by atoms with Gasteiger partial charge in [-0.1, -0.05) is 0 Å². The molecule has 0 aliphatic carbocycles. The summed E-state index contributed by atoms with van der Waals surface area (Å²) in [5.41, 5.74) is 10.9. The maximum atomic E-state index is 4.85. The first kappa shape index (κ1) is 27.3. The summed E-state index contributed by atoms with van der Waals surface area (Å²) in [4.78, 5) is 4.85. The Morgan fingerprint density at radius 2 is 1.00 bits per heavy atom. The van der Waals surface area contributed by atoms with E-state index in [4.69, 9.17) is 4.98 Å². The van der Waals surface area contributed by atoms with Crippen LogP contribution < -0.4 is 2.89 Å². The third-order valence-electron chi connectivity index (χ3n) is 7.65. The van der Waals surface area contributed by atoms with E-state index in [2.05, 4.69) is 139 Å². The number of aryl methyl sites for hydroxylation is 3. The molecule has 0 fully saturated rings. The second kappa shape index (κ2) is 12.7. The maximum absolute atomic E-state index is 4.85. The van der Waals surface area contributed by atoms with Crippen LogP contribution in [-0.4, -0.2) is 4.98 Å². The van der Waals surface area contributed by atoms with Crippen molar-refractivity contribution in [3.8, 4) is 0 Å². The zero-order chi connectivity index (χ0) is 27.1. The second-order valence-electron chi connectivity index (χ2n) is 10.9. The Labute approximate surface area is 239 Å². The first-order valence-corrected chi connectivity index (χ1v) is 23.1. The van der Waals surface area contributed by atoms with Crippen molar-refractivity contribution in [3.63, 3.8) is 0 Å². The molecule has 0 saturated carbocycles. The molecule has 3 heteroatoms. The molecule has 2 nitrogen and oxygen atoms in total. The zero-order valence-corrected chi connectivity index (χ0v) is 26.9. The van der Waals surface area contributed by atoms with E-state index in [9.17, 15) is 0 Å². The third kappa shape index (κ3) is 6.83. The van der Waals surface area contributed by atoms with Gasteiger partial charge in [-0.3, -0.25) is 0 Å². The van der Waals surface area contributed by atoms with Gasteiger partial charge in [0.25, 0.3) is 0 Å². The molecule has 0 N–H and O–H groups in total. The van der Waals surface area contributed by atoms with Gasteiger partial charge in [-0.15, -0.1) is 0 Å². The van der Waals surface area contributed by atoms with E-state index in [-0.39, 0.29) is 0 Å². The fraction of sp³-hybridized carbons (Fsp3) is 0.194. The van der Waals surface area contributed by atoms with Gasteiger partial charge in [-0.25, -0.2) is 0 Å². The number of hydrogen-bond acceptors (Lipinski definition) is 2. The minimum atomic E-state index is -3.63. The summed E-state index contributed by atoms with van der Waals surface area (Å²) >= 11 is -3.63. The quantitative estimate of drug-likeness (QED) is 0.138. The van der Waals surface area contributed by atoms with Crippen LogP contribution >= 0.6 is 0 Å². The fourth-order valence-corrected chi connectivity index (χ4v) is 25.0. The van der Waals surface area contributed by atoms with Crippen molar-refractivity contribution >= 4 is 5.69 Å². The van der Waals surface area contributed by atoms with Gasteiger partial charge in [-0.2, -0.15) is 0 Å². The first-order valence-electron chi connectivity index (χ1n) is 13.9. The molecule has 0 bridgehead atoms. The predicted molar refractivity (Wildman–Crippen MR) is 162 cm³/mol. The van der Waals surface area contributed by atoms with Crippen molar-refractivity contribution in [2.45, 2.75) is 39.8 Å². The van der Waals surface area contributed by atoms with Gasteiger partial charge in [0.2, 0.25) is 0 Å². The van der Waals surface area contributed by atoms with Crippen LogP contribution in [0.2, 0.25) is 0 Å². The molecule has 5 aromatic rings. The van der Waals surface area contributed by atoms with Gasteiger partial charge in [-0.05, 0) is 0 Å². The molecule has 0 spiro atoms. The average Bonchev–Trinajstić information content (AvgIpc) is 2.94. The van der Waals surface area contributed by atoms with E-state index >= 15 is 0 Å². The Balaban J connectivity index is 1.76. The van der Waals surface area contributed by atoms with Crippen molar-refractivity contribution in [3.05, 3.63) is 167 Å². The topological polar surface area (TPSA) is 16.1 Å². The van der Waals surface area contributed by atoms with E-state index in [0.29, 0.717) is 0 Å². The molecule has 0 aliphatic heterocycles. The Hall–Kier alpha value is -3.30. The first-order chi connectivity index (χ1) is 19.0. The third-order valence-corrected chi connectivity index (χ3v) is 24.6. The predicted octanol–water partition coefficient (Wildman–Crippen LogP) is 8.68. The van der Waals surface area contributed by atoms with E-state index in [0.717, 1.165) is 24.8 Å². The molecule has 0 radical (unpaired) electrons. The summed E-state index contributed by atoms with van der Waals surface area (Å²) in [6, 6.07) is 44.6. The summed E-state index contributed by atoms with van der Waals surface area (Å²) in [7, 11) is 0. The molecule has 1 aromatic heterocycles. The van der Waals surface area contributed by atoms with E-state index in [1.807, 2.05) is 12.3 Å². The van der Waals surface area contributed by atoms with E-state index < -0.39 is 20.3 Å². The van der Waals surface area contributed by atoms with Crippen LogP contribution in [0, 0.1) is 20.8 Å². The van der Waals surface area contributed by atoms with E-state index in [1.165, 1.54) is 39.1 Å². The number of anilines is 1. The standard InChI is InChI=1S/C15H17N2.3C7H7.Hf/c1-11-8-12(2)15(13(3)9-11)17-10-14-6-4-5-7-16-14;3*1-7-5-3-2-4-6-7;/h4-9H,10H2,1-3H3;3*2-6H,1H2;/q-1;;;;+1. The van der Waals surface area contributed by atoms with Crippen LogP contribution in [0.15, 0.2) is 128 Å². The van der Waals surface area contributed by atoms with Crippen molar-refractivity contribution in [1.29, 1.82) is 0 Å². The number of hydrogen-bond donors (Lipinski definition) is 0. The van der Waals surface area contributed by atoms with Crippen LogP contribution in [0.4, 0.5) is 5.69 Å². The molecule has 0 amide bonds. The number of benzene rings is 4. The number of pyridine rings is 1. The van der Waals surface area contributed by atoms with Gasteiger partial charge in [0.05, 0.1) is 0 Å². The summed E-state index contributed by atoms with van der Waals surface area (Å²) in [5, 5.41) is 0. The normalized spacial score (nSPS) is 11.4. The molecule has 0 unspecified atom stereocenters. The molecule has 0 saturated heterocycles. The average molecular weight is 677 g/mol. The van der Waals surface area contributed by atoms with Crippen LogP contribution in [0.25, 0.3) is 0 Å². The molecule has 39 heavy (non-hydrogen) atoms. The summed E-state index contributed by atoms with van der Waals surface area (Å²) < 4.78 is 6.32. The monoisotopic (exact) mass is 678 g/mol. The molecule has 0 atom stereocenters. The van der Waals surface area contributed by atoms with Gasteiger partial charge < -0.3 is 0 Å². The number of aromatic nitrogens is 1. The van der Waals surface area contributed by atoms with Crippen LogP contribution in [-0.2, 0) is 39.3 Å². The molecular weight excluding hydrogens is 639 g/mol. The van der Waals surface area contributed by atoms with Gasteiger partial charge >= 0.3 is 240 Å². The van der Waals surface area contributed by atoms with Crippen LogP contribution in [0.1, 0.15) is 39.1 Å². The van der Waals surface area contributed by atoms with Gasteiger partial charge in [0.1, 0.15) is 0 Å². The Kier molecular flexibility index (Phi) is 8.88.